The van der Waals surface area contributed by atoms with E-state index in [0.717, 1.165) is 28.4 Å². The molecule has 0 spiro atoms. The zero-order valence-corrected chi connectivity index (χ0v) is 11.8. The van der Waals surface area contributed by atoms with Crippen LogP contribution in [0.15, 0.2) is 30.7 Å². The molecule has 2 N–H and O–H groups in total. The van der Waals surface area contributed by atoms with E-state index >= 15 is 0 Å². The Balaban J connectivity index is 1.87. The summed E-state index contributed by atoms with van der Waals surface area (Å²) < 4.78 is 2.13. The van der Waals surface area contributed by atoms with Gasteiger partial charge < -0.3 is 10.3 Å². The van der Waals surface area contributed by atoms with Crippen LogP contribution in [0.2, 0.25) is 5.02 Å². The average molecular weight is 276 g/mol. The van der Waals surface area contributed by atoms with Crippen molar-refractivity contribution in [2.24, 2.45) is 11.7 Å². The van der Waals surface area contributed by atoms with Gasteiger partial charge in [-0.2, -0.15) is 0 Å². The highest BCUT2D eigenvalue weighted by Crippen LogP contribution is 2.33. The number of nitrogens with two attached hydrogens (primary N) is 1. The van der Waals surface area contributed by atoms with Gasteiger partial charge in [0.05, 0.1) is 18.2 Å². The van der Waals surface area contributed by atoms with E-state index in [1.807, 2.05) is 31.6 Å². The number of aryl methyl sites for hydroxylation is 1. The first-order valence-corrected chi connectivity index (χ1v) is 7.05. The monoisotopic (exact) mass is 275 g/mol. The summed E-state index contributed by atoms with van der Waals surface area (Å²) in [7, 11) is 0. The van der Waals surface area contributed by atoms with Crippen LogP contribution in [0.5, 0.6) is 0 Å². The van der Waals surface area contributed by atoms with E-state index in [2.05, 4.69) is 15.6 Å². The number of aromatic nitrogens is 2. The third-order valence-electron chi connectivity index (χ3n) is 3.81. The standard InChI is InChI=1S/C15H18ClN3/c1-10-2-3-12(6-13(10)16)15-7-18-9-19(15)8-14(17)11-4-5-11/h2-3,6-7,9,11,14H,4-5,8,17H2,1H3. The summed E-state index contributed by atoms with van der Waals surface area (Å²) in [4.78, 5) is 4.25. The number of hydrogen-bond acceptors (Lipinski definition) is 2. The van der Waals surface area contributed by atoms with Crippen molar-refractivity contribution in [3.63, 3.8) is 0 Å². The van der Waals surface area contributed by atoms with Crippen LogP contribution < -0.4 is 5.73 Å². The minimum Gasteiger partial charge on any atom is -0.329 e. The maximum atomic E-state index is 6.20. The van der Waals surface area contributed by atoms with Gasteiger partial charge in [-0.1, -0.05) is 23.7 Å². The molecule has 1 aliphatic carbocycles. The van der Waals surface area contributed by atoms with Crippen LogP contribution in [-0.4, -0.2) is 15.6 Å². The topological polar surface area (TPSA) is 43.8 Å². The maximum Gasteiger partial charge on any atom is 0.0951 e. The summed E-state index contributed by atoms with van der Waals surface area (Å²) in [5.41, 5.74) is 9.46. The van der Waals surface area contributed by atoms with E-state index in [-0.39, 0.29) is 6.04 Å². The molecule has 1 aliphatic rings. The van der Waals surface area contributed by atoms with Gasteiger partial charge in [-0.15, -0.1) is 0 Å². The fourth-order valence-corrected chi connectivity index (χ4v) is 2.54. The van der Waals surface area contributed by atoms with Gasteiger partial charge in [0.1, 0.15) is 0 Å². The highest BCUT2D eigenvalue weighted by Gasteiger charge is 2.28. The van der Waals surface area contributed by atoms with Gasteiger partial charge in [-0.25, -0.2) is 4.98 Å². The lowest BCUT2D eigenvalue weighted by Gasteiger charge is -2.14. The van der Waals surface area contributed by atoms with Crippen LogP contribution in [0.1, 0.15) is 18.4 Å². The molecule has 0 bridgehead atoms. The molecule has 1 heterocycles. The summed E-state index contributed by atoms with van der Waals surface area (Å²) >= 11 is 6.19. The molecule has 0 radical (unpaired) electrons. The summed E-state index contributed by atoms with van der Waals surface area (Å²) in [5.74, 6) is 0.692. The molecule has 19 heavy (non-hydrogen) atoms. The Hall–Kier alpha value is -1.32. The Bertz CT molecular complexity index is 587. The lowest BCUT2D eigenvalue weighted by molar-refractivity contribution is 0.505. The number of rotatable bonds is 4. The molecule has 100 valence electrons. The number of nitrogens with zero attached hydrogens (tertiary/aromatic N) is 2. The van der Waals surface area contributed by atoms with Crippen molar-refractivity contribution in [2.45, 2.75) is 32.4 Å². The highest BCUT2D eigenvalue weighted by atomic mass is 35.5. The minimum absolute atomic E-state index is 0.230. The lowest BCUT2D eigenvalue weighted by atomic mass is 10.1. The molecule has 0 amide bonds. The van der Waals surface area contributed by atoms with Gasteiger partial charge in [-0.3, -0.25) is 0 Å². The van der Waals surface area contributed by atoms with Crippen molar-refractivity contribution in [1.29, 1.82) is 0 Å². The molecule has 3 nitrogen and oxygen atoms in total. The quantitative estimate of drug-likeness (QED) is 0.931. The fraction of sp³-hybridized carbons (Fsp3) is 0.400. The van der Waals surface area contributed by atoms with E-state index in [9.17, 15) is 0 Å². The Morgan fingerprint density at radius 1 is 1.47 bits per heavy atom. The third kappa shape index (κ3) is 2.67. The second kappa shape index (κ2) is 4.99. The summed E-state index contributed by atoms with van der Waals surface area (Å²) in [5, 5.41) is 0.789. The molecular weight excluding hydrogens is 258 g/mol. The Kier molecular flexibility index (Phi) is 3.33. The molecular formula is C15H18ClN3. The molecule has 1 saturated carbocycles. The van der Waals surface area contributed by atoms with E-state index in [0.29, 0.717) is 5.92 Å². The van der Waals surface area contributed by atoms with Crippen LogP contribution >= 0.6 is 11.6 Å². The van der Waals surface area contributed by atoms with Crippen molar-refractivity contribution in [3.05, 3.63) is 41.3 Å². The van der Waals surface area contributed by atoms with Crippen LogP contribution in [0, 0.1) is 12.8 Å². The smallest absolute Gasteiger partial charge is 0.0951 e. The molecule has 0 saturated heterocycles. The number of benzene rings is 1. The van der Waals surface area contributed by atoms with E-state index in [1.165, 1.54) is 12.8 Å². The molecule has 0 aliphatic heterocycles. The fourth-order valence-electron chi connectivity index (χ4n) is 2.36. The largest absolute Gasteiger partial charge is 0.329 e. The maximum absolute atomic E-state index is 6.20. The third-order valence-corrected chi connectivity index (χ3v) is 4.22. The Labute approximate surface area is 118 Å². The predicted octanol–water partition coefficient (Wildman–Crippen LogP) is 3.25. The van der Waals surface area contributed by atoms with E-state index in [4.69, 9.17) is 17.3 Å². The van der Waals surface area contributed by atoms with E-state index in [1.54, 1.807) is 0 Å². The Morgan fingerprint density at radius 2 is 2.26 bits per heavy atom. The lowest BCUT2D eigenvalue weighted by Crippen LogP contribution is -2.28. The summed E-state index contributed by atoms with van der Waals surface area (Å²) in [6, 6.07) is 6.34. The van der Waals surface area contributed by atoms with Crippen LogP contribution in [0.4, 0.5) is 0 Å². The van der Waals surface area contributed by atoms with Gasteiger partial charge in [0, 0.05) is 23.2 Å². The number of hydrogen-bond donors (Lipinski definition) is 1. The second-order valence-corrected chi connectivity index (χ2v) is 5.80. The number of imidazole rings is 1. The molecule has 1 unspecified atom stereocenters. The second-order valence-electron chi connectivity index (χ2n) is 5.40. The molecule has 3 rings (SSSR count). The minimum atomic E-state index is 0.230. The predicted molar refractivity (Wildman–Crippen MR) is 78.1 cm³/mol. The van der Waals surface area contributed by atoms with E-state index < -0.39 is 0 Å². The van der Waals surface area contributed by atoms with Crippen molar-refractivity contribution in [1.82, 2.24) is 9.55 Å². The molecule has 1 fully saturated rings. The van der Waals surface area contributed by atoms with Crippen molar-refractivity contribution in [2.75, 3.05) is 0 Å². The van der Waals surface area contributed by atoms with Crippen LogP contribution in [0.3, 0.4) is 0 Å². The molecule has 1 aromatic heterocycles. The van der Waals surface area contributed by atoms with Crippen LogP contribution in [-0.2, 0) is 6.54 Å². The van der Waals surface area contributed by atoms with Crippen LogP contribution in [0.25, 0.3) is 11.3 Å². The first kappa shape index (κ1) is 12.7. The van der Waals surface area contributed by atoms with Crippen molar-refractivity contribution in [3.8, 4) is 11.3 Å². The first-order valence-electron chi connectivity index (χ1n) is 6.67. The average Bonchev–Trinajstić information content (AvgIpc) is 3.14. The summed E-state index contributed by atoms with van der Waals surface area (Å²) in [6.07, 6.45) is 6.26. The zero-order valence-electron chi connectivity index (χ0n) is 11.0. The SMILES string of the molecule is Cc1ccc(-c2cncn2CC(N)C2CC2)cc1Cl. The van der Waals surface area contributed by atoms with Gasteiger partial charge in [0.2, 0.25) is 0 Å². The number of halogens is 1. The highest BCUT2D eigenvalue weighted by molar-refractivity contribution is 6.31. The molecule has 4 heteroatoms. The van der Waals surface area contributed by atoms with Gasteiger partial charge in [-0.05, 0) is 37.3 Å². The molecule has 2 aromatic rings. The molecule has 1 aromatic carbocycles. The van der Waals surface area contributed by atoms with Crippen molar-refractivity contribution >= 4 is 11.6 Å². The van der Waals surface area contributed by atoms with Gasteiger partial charge >= 0.3 is 0 Å². The molecule has 1 atom stereocenters. The van der Waals surface area contributed by atoms with Gasteiger partial charge in [0.15, 0.2) is 0 Å². The van der Waals surface area contributed by atoms with Crippen molar-refractivity contribution < 1.29 is 0 Å². The first-order chi connectivity index (χ1) is 9.15. The zero-order chi connectivity index (χ0) is 13.4. The van der Waals surface area contributed by atoms with Gasteiger partial charge in [0.25, 0.3) is 0 Å². The summed E-state index contributed by atoms with van der Waals surface area (Å²) in [6.45, 7) is 2.83. The Morgan fingerprint density at radius 3 is 2.95 bits per heavy atom. The normalized spacial score (nSPS) is 16.6.